The number of amides is 2. The van der Waals surface area contributed by atoms with E-state index >= 15 is 0 Å². The Kier molecular flexibility index (Phi) is 10.7. The Morgan fingerprint density at radius 1 is 0.929 bits per heavy atom. The molecule has 1 fully saturated rings. The predicted molar refractivity (Wildman–Crippen MR) is 113 cm³/mol. The highest BCUT2D eigenvalue weighted by atomic mass is 16.6. The van der Waals surface area contributed by atoms with Crippen molar-refractivity contribution in [2.75, 3.05) is 6.61 Å². The molecule has 2 amide bonds. The summed E-state index contributed by atoms with van der Waals surface area (Å²) in [6.45, 7) is 2.55. The lowest BCUT2D eigenvalue weighted by atomic mass is 10.0. The van der Waals surface area contributed by atoms with E-state index in [0.29, 0.717) is 19.4 Å². The molecule has 28 heavy (non-hydrogen) atoms. The van der Waals surface area contributed by atoms with E-state index in [1.54, 1.807) is 0 Å². The fraction of sp³-hybridized carbons (Fsp3) is 0.667. The van der Waals surface area contributed by atoms with E-state index in [1.165, 1.54) is 62.7 Å². The summed E-state index contributed by atoms with van der Waals surface area (Å²) in [5.74, 6) is -0.0839. The molecule has 4 nitrogen and oxygen atoms in total. The number of nitrogens with zero attached hydrogens (tertiary/aromatic N) is 1. The first-order valence-corrected chi connectivity index (χ1v) is 11.2. The maximum absolute atomic E-state index is 12.5. The van der Waals surface area contributed by atoms with Crippen molar-refractivity contribution < 1.29 is 14.3 Å². The lowest BCUT2D eigenvalue weighted by Gasteiger charge is -2.19. The van der Waals surface area contributed by atoms with E-state index in [9.17, 15) is 9.59 Å². The van der Waals surface area contributed by atoms with E-state index in [0.717, 1.165) is 18.4 Å². The summed E-state index contributed by atoms with van der Waals surface area (Å²) in [5, 5.41) is 0. The second-order valence-electron chi connectivity index (χ2n) is 7.97. The largest absolute Gasteiger partial charge is 0.447 e. The predicted octanol–water partition coefficient (Wildman–Crippen LogP) is 6.28. The smallest absolute Gasteiger partial charge is 0.416 e. The molecule has 1 aliphatic rings. The topological polar surface area (TPSA) is 46.6 Å². The maximum Gasteiger partial charge on any atom is 0.416 e. The molecular weight excluding hydrogens is 350 g/mol. The SMILES string of the molecule is CCCCCCCCCCCCCC(=O)N1C(=O)OCC1Cc1ccccc1. The van der Waals surface area contributed by atoms with Gasteiger partial charge in [0, 0.05) is 6.42 Å². The molecule has 0 bridgehead atoms. The highest BCUT2D eigenvalue weighted by Crippen LogP contribution is 2.20. The molecule has 1 aromatic carbocycles. The first-order valence-electron chi connectivity index (χ1n) is 11.2. The normalized spacial score (nSPS) is 16.4. The Hall–Kier alpha value is -1.84. The Morgan fingerprint density at radius 3 is 2.11 bits per heavy atom. The zero-order valence-corrected chi connectivity index (χ0v) is 17.5. The number of cyclic esters (lactones) is 1. The van der Waals surface area contributed by atoms with Crippen molar-refractivity contribution in [3.05, 3.63) is 35.9 Å². The number of hydrogen-bond donors (Lipinski definition) is 0. The van der Waals surface area contributed by atoms with Crippen molar-refractivity contribution in [3.8, 4) is 0 Å². The minimum absolute atomic E-state index is 0.0839. The van der Waals surface area contributed by atoms with Crippen LogP contribution < -0.4 is 0 Å². The van der Waals surface area contributed by atoms with Gasteiger partial charge in [-0.05, 0) is 18.4 Å². The van der Waals surface area contributed by atoms with Gasteiger partial charge < -0.3 is 4.74 Å². The molecule has 1 aromatic rings. The van der Waals surface area contributed by atoms with Crippen molar-refractivity contribution in [3.63, 3.8) is 0 Å². The summed E-state index contributed by atoms with van der Waals surface area (Å²) in [6.07, 6.45) is 14.4. The zero-order chi connectivity index (χ0) is 20.0. The maximum atomic E-state index is 12.5. The fourth-order valence-corrected chi connectivity index (χ4v) is 3.86. The molecule has 0 N–H and O–H groups in total. The first kappa shape index (κ1) is 22.4. The van der Waals surface area contributed by atoms with Crippen LogP contribution in [0.4, 0.5) is 4.79 Å². The van der Waals surface area contributed by atoms with Gasteiger partial charge in [0.25, 0.3) is 0 Å². The van der Waals surface area contributed by atoms with Crippen LogP contribution in [0.25, 0.3) is 0 Å². The summed E-state index contributed by atoms with van der Waals surface area (Å²) in [4.78, 5) is 25.9. The van der Waals surface area contributed by atoms with Crippen LogP contribution >= 0.6 is 0 Å². The van der Waals surface area contributed by atoms with Gasteiger partial charge in [-0.15, -0.1) is 0 Å². The van der Waals surface area contributed by atoms with Crippen LogP contribution in [0.5, 0.6) is 0 Å². The third kappa shape index (κ3) is 8.04. The molecule has 156 valence electrons. The monoisotopic (exact) mass is 387 g/mol. The number of rotatable bonds is 14. The molecule has 0 radical (unpaired) electrons. The van der Waals surface area contributed by atoms with Gasteiger partial charge in [-0.3, -0.25) is 4.79 Å². The Morgan fingerprint density at radius 2 is 1.50 bits per heavy atom. The van der Waals surface area contributed by atoms with Crippen molar-refractivity contribution in [1.82, 2.24) is 4.90 Å². The molecule has 0 saturated carbocycles. The highest BCUT2D eigenvalue weighted by molar-refractivity contribution is 5.93. The van der Waals surface area contributed by atoms with Crippen LogP contribution in [-0.4, -0.2) is 29.5 Å². The fourth-order valence-electron chi connectivity index (χ4n) is 3.86. The molecule has 1 unspecified atom stereocenters. The van der Waals surface area contributed by atoms with Gasteiger partial charge in [0.1, 0.15) is 6.61 Å². The van der Waals surface area contributed by atoms with Crippen LogP contribution in [0.3, 0.4) is 0 Å². The minimum atomic E-state index is -0.478. The number of hydrogen-bond acceptors (Lipinski definition) is 3. The summed E-state index contributed by atoms with van der Waals surface area (Å²) in [7, 11) is 0. The van der Waals surface area contributed by atoms with Crippen molar-refractivity contribution in [2.24, 2.45) is 0 Å². The Balaban J connectivity index is 1.58. The molecule has 1 saturated heterocycles. The van der Waals surface area contributed by atoms with E-state index in [4.69, 9.17) is 4.74 Å². The first-order chi connectivity index (χ1) is 13.7. The summed E-state index contributed by atoms with van der Waals surface area (Å²) in [6, 6.07) is 9.80. The van der Waals surface area contributed by atoms with Gasteiger partial charge in [-0.1, -0.05) is 101 Å². The summed E-state index contributed by atoms with van der Waals surface area (Å²) < 4.78 is 5.14. The van der Waals surface area contributed by atoms with Crippen LogP contribution in [0, 0.1) is 0 Å². The number of carbonyl (C=O) groups is 2. The van der Waals surface area contributed by atoms with Crippen molar-refractivity contribution >= 4 is 12.0 Å². The lowest BCUT2D eigenvalue weighted by molar-refractivity contribution is -0.129. The molecule has 2 rings (SSSR count). The van der Waals surface area contributed by atoms with Crippen LogP contribution in [0.15, 0.2) is 30.3 Å². The standard InChI is InChI=1S/C24H37NO3/c1-2-3-4-5-6-7-8-9-10-11-15-18-23(26)25-22(20-28-24(25)27)19-21-16-13-12-14-17-21/h12-14,16-17,22H,2-11,15,18-20H2,1H3. The van der Waals surface area contributed by atoms with E-state index in [-0.39, 0.29) is 11.9 Å². The van der Waals surface area contributed by atoms with E-state index in [2.05, 4.69) is 6.92 Å². The molecule has 1 aliphatic heterocycles. The van der Waals surface area contributed by atoms with Gasteiger partial charge >= 0.3 is 6.09 Å². The summed E-state index contributed by atoms with van der Waals surface area (Å²) in [5.41, 5.74) is 1.12. The number of unbranched alkanes of at least 4 members (excludes halogenated alkanes) is 10. The third-order valence-electron chi connectivity index (χ3n) is 5.54. The lowest BCUT2D eigenvalue weighted by Crippen LogP contribution is -2.40. The third-order valence-corrected chi connectivity index (χ3v) is 5.54. The second-order valence-corrected chi connectivity index (χ2v) is 7.97. The van der Waals surface area contributed by atoms with Gasteiger partial charge in [0.05, 0.1) is 6.04 Å². The van der Waals surface area contributed by atoms with E-state index < -0.39 is 6.09 Å². The second kappa shape index (κ2) is 13.4. The molecule has 0 aliphatic carbocycles. The highest BCUT2D eigenvalue weighted by Gasteiger charge is 2.37. The van der Waals surface area contributed by atoms with Crippen molar-refractivity contribution in [2.45, 2.75) is 96.4 Å². The molecular formula is C24H37NO3. The van der Waals surface area contributed by atoms with Crippen molar-refractivity contribution in [1.29, 1.82) is 0 Å². The average Bonchev–Trinajstić information content (AvgIpc) is 3.07. The van der Waals surface area contributed by atoms with Gasteiger partial charge in [-0.2, -0.15) is 0 Å². The number of imide groups is 1. The van der Waals surface area contributed by atoms with Gasteiger partial charge in [-0.25, -0.2) is 9.69 Å². The molecule has 0 spiro atoms. The van der Waals surface area contributed by atoms with Gasteiger partial charge in [0.2, 0.25) is 5.91 Å². The molecule has 4 heteroatoms. The van der Waals surface area contributed by atoms with Crippen LogP contribution in [0.2, 0.25) is 0 Å². The average molecular weight is 388 g/mol. The summed E-state index contributed by atoms with van der Waals surface area (Å²) >= 11 is 0. The number of benzene rings is 1. The minimum Gasteiger partial charge on any atom is -0.447 e. The molecule has 1 atom stereocenters. The van der Waals surface area contributed by atoms with Crippen LogP contribution in [0.1, 0.15) is 89.5 Å². The van der Waals surface area contributed by atoms with E-state index in [1.807, 2.05) is 30.3 Å². The van der Waals surface area contributed by atoms with Crippen LogP contribution in [-0.2, 0) is 16.0 Å². The van der Waals surface area contributed by atoms with Gasteiger partial charge in [0.15, 0.2) is 0 Å². The number of ether oxygens (including phenoxy) is 1. The molecule has 1 heterocycles. The number of carbonyl (C=O) groups excluding carboxylic acids is 2. The Bertz CT molecular complexity index is 572. The quantitative estimate of drug-likeness (QED) is 0.353. The zero-order valence-electron chi connectivity index (χ0n) is 17.5. The Labute approximate surface area is 170 Å². The molecule has 0 aromatic heterocycles.